The normalized spacial score (nSPS) is 10.1. The largest absolute Gasteiger partial charge is 0.322 e. The van der Waals surface area contributed by atoms with Crippen LogP contribution >= 0.6 is 15.9 Å². The molecular weight excluding hydrogens is 382 g/mol. The van der Waals surface area contributed by atoms with Crippen LogP contribution in [-0.4, -0.2) is 16.8 Å². The van der Waals surface area contributed by atoms with Gasteiger partial charge >= 0.3 is 0 Å². The van der Waals surface area contributed by atoms with Gasteiger partial charge in [-0.3, -0.25) is 9.59 Å². The first-order valence-electron chi connectivity index (χ1n) is 7.51. The van der Waals surface area contributed by atoms with E-state index in [-0.39, 0.29) is 11.8 Å². The third kappa shape index (κ3) is 4.51. The van der Waals surface area contributed by atoms with Crippen molar-refractivity contribution in [1.29, 1.82) is 0 Å². The monoisotopic (exact) mass is 395 g/mol. The van der Waals surface area contributed by atoms with Crippen molar-refractivity contribution in [3.63, 3.8) is 0 Å². The average molecular weight is 396 g/mol. The molecule has 0 aliphatic heterocycles. The fourth-order valence-electron chi connectivity index (χ4n) is 2.20. The molecule has 0 unspecified atom stereocenters. The Labute approximate surface area is 153 Å². The van der Waals surface area contributed by atoms with Gasteiger partial charge in [0.25, 0.3) is 11.8 Å². The van der Waals surface area contributed by atoms with Crippen molar-refractivity contribution in [3.05, 3.63) is 88.5 Å². The van der Waals surface area contributed by atoms with E-state index in [1.807, 2.05) is 6.07 Å². The van der Waals surface area contributed by atoms with E-state index in [0.717, 1.165) is 4.47 Å². The zero-order valence-electron chi connectivity index (χ0n) is 13.1. The molecule has 6 heteroatoms. The Kier molecular flexibility index (Phi) is 5.20. The lowest BCUT2D eigenvalue weighted by Gasteiger charge is -2.08. The number of benzene rings is 2. The lowest BCUT2D eigenvalue weighted by Crippen LogP contribution is -2.15. The van der Waals surface area contributed by atoms with Crippen molar-refractivity contribution in [3.8, 4) is 0 Å². The fraction of sp³-hybridized carbons (Fsp3) is 0. The summed E-state index contributed by atoms with van der Waals surface area (Å²) in [6.45, 7) is 0. The van der Waals surface area contributed by atoms with Crippen LogP contribution in [0.15, 0.2) is 77.4 Å². The van der Waals surface area contributed by atoms with Gasteiger partial charge in [0.2, 0.25) is 0 Å². The maximum Gasteiger partial charge on any atom is 0.256 e. The number of carbonyl (C=O) groups is 2. The minimum Gasteiger partial charge on any atom is -0.322 e. The minimum absolute atomic E-state index is 0.247. The Hall–Kier alpha value is -2.99. The van der Waals surface area contributed by atoms with Crippen molar-refractivity contribution >= 4 is 39.2 Å². The number of rotatable bonds is 4. The van der Waals surface area contributed by atoms with Crippen molar-refractivity contribution in [1.82, 2.24) is 4.98 Å². The summed E-state index contributed by atoms with van der Waals surface area (Å²) in [6, 6.07) is 19.1. The van der Waals surface area contributed by atoms with E-state index in [2.05, 4.69) is 31.5 Å². The van der Waals surface area contributed by atoms with Gasteiger partial charge < -0.3 is 10.6 Å². The third-order valence-electron chi connectivity index (χ3n) is 3.38. The van der Waals surface area contributed by atoms with Crippen LogP contribution in [-0.2, 0) is 0 Å². The van der Waals surface area contributed by atoms with Crippen LogP contribution in [0.2, 0.25) is 0 Å². The van der Waals surface area contributed by atoms with Gasteiger partial charge in [-0.15, -0.1) is 0 Å². The van der Waals surface area contributed by atoms with Crippen LogP contribution in [0.25, 0.3) is 0 Å². The second-order valence-corrected chi connectivity index (χ2v) is 6.13. The van der Waals surface area contributed by atoms with Crippen LogP contribution in [0.4, 0.5) is 11.5 Å². The minimum atomic E-state index is -0.294. The number of pyridine rings is 1. The molecule has 5 nitrogen and oxygen atoms in total. The number of amides is 2. The molecule has 3 aromatic rings. The Morgan fingerprint density at radius 3 is 2.24 bits per heavy atom. The third-order valence-corrected chi connectivity index (χ3v) is 3.87. The summed E-state index contributed by atoms with van der Waals surface area (Å²) in [5.74, 6) is -0.0723. The van der Waals surface area contributed by atoms with Gasteiger partial charge in [-0.2, -0.15) is 0 Å². The summed E-state index contributed by atoms with van der Waals surface area (Å²) >= 11 is 3.34. The van der Waals surface area contributed by atoms with E-state index in [1.54, 1.807) is 66.9 Å². The molecular formula is C19H14BrN3O2. The Morgan fingerprint density at radius 2 is 1.52 bits per heavy atom. The molecule has 0 aliphatic carbocycles. The predicted molar refractivity (Wildman–Crippen MR) is 101 cm³/mol. The van der Waals surface area contributed by atoms with Crippen LogP contribution < -0.4 is 10.6 Å². The molecule has 0 bridgehead atoms. The first kappa shape index (κ1) is 16.9. The lowest BCUT2D eigenvalue weighted by atomic mass is 10.1. The van der Waals surface area contributed by atoms with Crippen molar-refractivity contribution < 1.29 is 9.59 Å². The number of carbonyl (C=O) groups excluding carboxylic acids is 2. The molecule has 0 fully saturated rings. The zero-order chi connectivity index (χ0) is 17.6. The van der Waals surface area contributed by atoms with Crippen molar-refractivity contribution in [2.24, 2.45) is 0 Å². The van der Waals surface area contributed by atoms with Gasteiger partial charge in [-0.25, -0.2) is 4.98 Å². The fourth-order valence-corrected chi connectivity index (χ4v) is 2.60. The molecule has 1 heterocycles. The molecule has 25 heavy (non-hydrogen) atoms. The van der Waals surface area contributed by atoms with Crippen molar-refractivity contribution in [2.75, 3.05) is 10.6 Å². The molecule has 2 N–H and O–H groups in total. The lowest BCUT2D eigenvalue weighted by molar-refractivity contribution is 0.101. The molecule has 2 aromatic carbocycles. The molecule has 124 valence electrons. The van der Waals surface area contributed by atoms with Crippen molar-refractivity contribution in [2.45, 2.75) is 0 Å². The second kappa shape index (κ2) is 7.72. The Balaban J connectivity index is 1.73. The molecule has 0 saturated heterocycles. The first-order chi connectivity index (χ1) is 12.1. The number of nitrogens with zero attached hydrogens (tertiary/aromatic N) is 1. The van der Waals surface area contributed by atoms with E-state index in [1.165, 1.54) is 0 Å². The highest BCUT2D eigenvalue weighted by atomic mass is 79.9. The molecule has 0 spiro atoms. The van der Waals surface area contributed by atoms with Gasteiger partial charge in [0.1, 0.15) is 5.82 Å². The van der Waals surface area contributed by atoms with E-state index < -0.39 is 0 Å². The number of nitrogens with one attached hydrogen (secondary N) is 2. The molecule has 2 amide bonds. The summed E-state index contributed by atoms with van der Waals surface area (Å²) in [6.07, 6.45) is 1.60. The standard InChI is InChI=1S/C19H14BrN3O2/c20-15-7-3-5-13(11-15)18(24)22-16-8-4-6-14(12-16)19(25)23-17-9-1-2-10-21-17/h1-12H,(H,22,24)(H,21,23,25). The Morgan fingerprint density at radius 1 is 0.800 bits per heavy atom. The number of hydrogen-bond donors (Lipinski definition) is 2. The van der Waals surface area contributed by atoms with E-state index in [0.29, 0.717) is 22.6 Å². The van der Waals surface area contributed by atoms with Gasteiger partial charge in [0.05, 0.1) is 0 Å². The molecule has 1 aromatic heterocycles. The van der Waals surface area contributed by atoms with Gasteiger partial charge in [-0.05, 0) is 48.5 Å². The second-order valence-electron chi connectivity index (χ2n) is 5.21. The van der Waals surface area contributed by atoms with Gasteiger partial charge in [-0.1, -0.05) is 34.1 Å². The quantitative estimate of drug-likeness (QED) is 0.689. The maximum absolute atomic E-state index is 12.3. The SMILES string of the molecule is O=C(Nc1cccc(C(=O)Nc2ccccn2)c1)c1cccc(Br)c1. The molecule has 0 saturated carbocycles. The van der Waals surface area contributed by atoms with Crippen LogP contribution in [0.3, 0.4) is 0 Å². The van der Waals surface area contributed by atoms with E-state index in [4.69, 9.17) is 0 Å². The summed E-state index contributed by atoms with van der Waals surface area (Å²) in [7, 11) is 0. The summed E-state index contributed by atoms with van der Waals surface area (Å²) in [5, 5.41) is 5.50. The number of hydrogen-bond acceptors (Lipinski definition) is 3. The average Bonchev–Trinajstić information content (AvgIpc) is 2.63. The molecule has 3 rings (SSSR count). The van der Waals surface area contributed by atoms with Gasteiger partial charge in [0, 0.05) is 27.5 Å². The molecule has 0 aliphatic rings. The first-order valence-corrected chi connectivity index (χ1v) is 8.30. The van der Waals surface area contributed by atoms with E-state index in [9.17, 15) is 9.59 Å². The highest BCUT2D eigenvalue weighted by Crippen LogP contribution is 2.16. The van der Waals surface area contributed by atoms with Crippen LogP contribution in [0, 0.1) is 0 Å². The summed E-state index contributed by atoms with van der Waals surface area (Å²) in [5.41, 5.74) is 1.49. The highest BCUT2D eigenvalue weighted by Gasteiger charge is 2.10. The summed E-state index contributed by atoms with van der Waals surface area (Å²) < 4.78 is 0.823. The Bertz CT molecular complexity index is 913. The van der Waals surface area contributed by atoms with Crippen LogP contribution in [0.1, 0.15) is 20.7 Å². The number of aromatic nitrogens is 1. The molecule has 0 atom stereocenters. The van der Waals surface area contributed by atoms with E-state index >= 15 is 0 Å². The highest BCUT2D eigenvalue weighted by molar-refractivity contribution is 9.10. The number of anilines is 2. The molecule has 0 radical (unpaired) electrons. The zero-order valence-corrected chi connectivity index (χ0v) is 14.7. The number of halogens is 1. The maximum atomic E-state index is 12.3. The van der Waals surface area contributed by atoms with Gasteiger partial charge in [0.15, 0.2) is 0 Å². The summed E-state index contributed by atoms with van der Waals surface area (Å²) in [4.78, 5) is 28.6. The van der Waals surface area contributed by atoms with Crippen LogP contribution in [0.5, 0.6) is 0 Å². The topological polar surface area (TPSA) is 71.1 Å². The predicted octanol–water partition coefficient (Wildman–Crippen LogP) is 4.35. The smallest absolute Gasteiger partial charge is 0.256 e.